The molecule has 1 aromatic rings. The van der Waals surface area contributed by atoms with Crippen LogP contribution >= 0.6 is 0 Å². The molecule has 0 spiro atoms. The van der Waals surface area contributed by atoms with Gasteiger partial charge in [-0.15, -0.1) is 0 Å². The molecule has 1 N–H and O–H groups in total. The van der Waals surface area contributed by atoms with Crippen LogP contribution in [0.25, 0.3) is 0 Å². The monoisotopic (exact) mass is 204 g/mol. The van der Waals surface area contributed by atoms with Gasteiger partial charge in [-0.2, -0.15) is 0 Å². The molecule has 0 fully saturated rings. The van der Waals surface area contributed by atoms with Crippen molar-refractivity contribution in [2.75, 3.05) is 7.11 Å². The molecule has 1 rings (SSSR count). The Balaban J connectivity index is 0.00000169. The molecule has 0 amide bonds. The molecule has 0 aliphatic heterocycles. The number of hydrogen-bond donors (Lipinski definition) is 1. The quantitative estimate of drug-likeness (QED) is 0.520. The van der Waals surface area contributed by atoms with Crippen LogP contribution in [0, 0.1) is 0 Å². The number of aromatic carboxylic acids is 1. The summed E-state index contributed by atoms with van der Waals surface area (Å²) in [6.45, 7) is -0.382. The number of carboxylic acids is 1. The van der Waals surface area contributed by atoms with Gasteiger partial charge in [-0.1, -0.05) is 12.1 Å². The minimum atomic E-state index is -1.32. The van der Waals surface area contributed by atoms with E-state index < -0.39 is 5.97 Å². The van der Waals surface area contributed by atoms with E-state index in [2.05, 4.69) is 0 Å². The first-order valence-electron chi connectivity index (χ1n) is 3.68. The number of carboxylic acid groups (broad SMARTS) is 1. The van der Waals surface area contributed by atoms with Gasteiger partial charge in [0.15, 0.2) is 0 Å². The molecule has 1 aromatic carbocycles. The summed E-state index contributed by atoms with van der Waals surface area (Å²) < 4.78 is 4.88. The van der Waals surface area contributed by atoms with Crippen molar-refractivity contribution in [3.05, 3.63) is 29.3 Å². The van der Waals surface area contributed by atoms with Crippen LogP contribution in [0.4, 0.5) is 0 Å². The first-order chi connectivity index (χ1) is 6.20. The second kappa shape index (κ2) is 6.03. The minimum absolute atomic E-state index is 0. The van der Waals surface area contributed by atoms with Gasteiger partial charge in [-0.3, -0.25) is 0 Å². The van der Waals surface area contributed by atoms with E-state index in [-0.39, 0.29) is 47.3 Å². The third-order valence-corrected chi connectivity index (χ3v) is 1.73. The van der Waals surface area contributed by atoms with Gasteiger partial charge in [-0.05, 0) is 6.07 Å². The first-order valence-corrected chi connectivity index (χ1v) is 3.68. The topological polar surface area (TPSA) is 69.6 Å². The van der Waals surface area contributed by atoms with Crippen molar-refractivity contribution in [2.45, 2.75) is 6.61 Å². The second-order valence-electron chi connectivity index (χ2n) is 2.43. The fraction of sp³-hybridized carbons (Fsp3) is 0.222. The molecule has 0 radical (unpaired) electrons. The molecule has 0 aliphatic carbocycles. The number of ether oxygens (including phenoxy) is 1. The largest absolute Gasteiger partial charge is 1.00 e. The van der Waals surface area contributed by atoms with E-state index >= 15 is 0 Å². The molecule has 0 unspecified atom stereocenters. The molecule has 14 heavy (non-hydrogen) atoms. The number of aliphatic hydroxyl groups is 1. The molecule has 0 bridgehead atoms. The average Bonchev–Trinajstić information content (AvgIpc) is 2.16. The van der Waals surface area contributed by atoms with Crippen molar-refractivity contribution in [2.24, 2.45) is 0 Å². The molecule has 4 nitrogen and oxygen atoms in total. The van der Waals surface area contributed by atoms with Crippen LogP contribution in [0.1, 0.15) is 15.9 Å². The van der Waals surface area contributed by atoms with Crippen molar-refractivity contribution < 1.29 is 49.3 Å². The molecule has 0 saturated heterocycles. The normalized spacial score (nSPS) is 9.00. The Morgan fingerprint density at radius 1 is 1.57 bits per heavy atom. The number of hydrogen-bond acceptors (Lipinski definition) is 4. The Morgan fingerprint density at radius 3 is 2.64 bits per heavy atom. The number of rotatable bonds is 3. The van der Waals surface area contributed by atoms with Crippen molar-refractivity contribution in [1.82, 2.24) is 0 Å². The van der Waals surface area contributed by atoms with Gasteiger partial charge in [-0.25, -0.2) is 0 Å². The van der Waals surface area contributed by atoms with Gasteiger partial charge in [0.2, 0.25) is 0 Å². The molecular formula is C9H9NaO4. The van der Waals surface area contributed by atoms with E-state index in [1.54, 1.807) is 6.07 Å². The summed E-state index contributed by atoms with van der Waals surface area (Å²) in [7, 11) is 1.41. The summed E-state index contributed by atoms with van der Waals surface area (Å²) >= 11 is 0. The van der Waals surface area contributed by atoms with Crippen LogP contribution in [-0.2, 0) is 6.61 Å². The maximum absolute atomic E-state index is 10.6. The molecule has 70 valence electrons. The van der Waals surface area contributed by atoms with E-state index in [1.165, 1.54) is 19.2 Å². The van der Waals surface area contributed by atoms with Gasteiger partial charge >= 0.3 is 29.6 Å². The Labute approximate surface area is 104 Å². The Bertz CT molecular complexity index is 325. The van der Waals surface area contributed by atoms with Crippen LogP contribution in [-0.4, -0.2) is 18.2 Å². The fourth-order valence-corrected chi connectivity index (χ4v) is 1.11. The molecule has 0 atom stereocenters. The summed E-state index contributed by atoms with van der Waals surface area (Å²) in [4.78, 5) is 10.6. The van der Waals surface area contributed by atoms with Gasteiger partial charge in [0.1, 0.15) is 5.75 Å². The number of carbonyl (C=O) groups excluding carboxylic acids is 1. The maximum Gasteiger partial charge on any atom is 1.00 e. The van der Waals surface area contributed by atoms with Crippen LogP contribution in [0.3, 0.4) is 0 Å². The first kappa shape index (κ1) is 13.4. The molecule has 0 heterocycles. The van der Waals surface area contributed by atoms with Gasteiger partial charge in [0, 0.05) is 11.1 Å². The Kier molecular flexibility index (Phi) is 5.79. The van der Waals surface area contributed by atoms with Gasteiger partial charge in [0.05, 0.1) is 19.7 Å². The predicted molar refractivity (Wildman–Crippen MR) is 43.2 cm³/mol. The molecular weight excluding hydrogens is 195 g/mol. The number of aliphatic hydroxyl groups excluding tert-OH is 1. The van der Waals surface area contributed by atoms with Crippen molar-refractivity contribution in [3.63, 3.8) is 0 Å². The Morgan fingerprint density at radius 2 is 2.21 bits per heavy atom. The van der Waals surface area contributed by atoms with E-state index in [9.17, 15) is 9.90 Å². The molecule has 0 saturated carbocycles. The Hall–Kier alpha value is -0.550. The van der Waals surface area contributed by atoms with Crippen molar-refractivity contribution >= 4 is 5.97 Å². The van der Waals surface area contributed by atoms with Crippen molar-refractivity contribution in [3.8, 4) is 5.75 Å². The minimum Gasteiger partial charge on any atom is -0.545 e. The van der Waals surface area contributed by atoms with Crippen LogP contribution in [0.15, 0.2) is 18.2 Å². The predicted octanol–water partition coefficient (Wildman–Crippen LogP) is -3.44. The van der Waals surface area contributed by atoms with E-state index in [0.29, 0.717) is 5.75 Å². The average molecular weight is 204 g/mol. The zero-order valence-electron chi connectivity index (χ0n) is 8.11. The van der Waals surface area contributed by atoms with Crippen LogP contribution in [0.2, 0.25) is 0 Å². The van der Waals surface area contributed by atoms with E-state index in [1.807, 2.05) is 0 Å². The van der Waals surface area contributed by atoms with Gasteiger partial charge in [0.25, 0.3) is 0 Å². The second-order valence-corrected chi connectivity index (χ2v) is 2.43. The van der Waals surface area contributed by atoms with Crippen LogP contribution < -0.4 is 39.4 Å². The zero-order valence-corrected chi connectivity index (χ0v) is 10.1. The molecule has 5 heteroatoms. The number of methoxy groups -OCH3 is 1. The SMILES string of the molecule is COc1cccc(C(=O)[O-])c1CO.[Na+]. The van der Waals surface area contributed by atoms with E-state index in [4.69, 9.17) is 9.84 Å². The summed E-state index contributed by atoms with van der Waals surface area (Å²) in [6.07, 6.45) is 0. The van der Waals surface area contributed by atoms with E-state index in [0.717, 1.165) is 0 Å². The van der Waals surface area contributed by atoms with Gasteiger partial charge < -0.3 is 19.7 Å². The zero-order chi connectivity index (χ0) is 9.84. The molecule has 0 aromatic heterocycles. The number of carbonyl (C=O) groups is 1. The third-order valence-electron chi connectivity index (χ3n) is 1.73. The summed E-state index contributed by atoms with van der Waals surface area (Å²) in [5.74, 6) is -0.966. The third kappa shape index (κ3) is 2.72. The summed E-state index contributed by atoms with van der Waals surface area (Å²) in [5, 5.41) is 19.5. The molecule has 0 aliphatic rings. The fourth-order valence-electron chi connectivity index (χ4n) is 1.11. The standard InChI is InChI=1S/C9H10O4.Na/c1-13-8-4-2-3-6(9(11)12)7(8)5-10;/h2-4,10H,5H2,1H3,(H,11,12);/q;+1/p-1. The number of benzene rings is 1. The summed E-state index contributed by atoms with van der Waals surface area (Å²) in [6, 6.07) is 4.48. The smallest absolute Gasteiger partial charge is 0.545 e. The van der Waals surface area contributed by atoms with Crippen LogP contribution in [0.5, 0.6) is 5.75 Å². The summed E-state index contributed by atoms with van der Waals surface area (Å²) in [5.41, 5.74) is 0.201. The maximum atomic E-state index is 10.6. The van der Waals surface area contributed by atoms with Crippen molar-refractivity contribution in [1.29, 1.82) is 0 Å².